The zero-order chi connectivity index (χ0) is 19.3. The van der Waals surface area contributed by atoms with Crippen molar-refractivity contribution in [1.29, 1.82) is 0 Å². The molecule has 28 heavy (non-hydrogen) atoms. The van der Waals surface area contributed by atoms with E-state index in [1.807, 2.05) is 36.4 Å². The Morgan fingerprint density at radius 3 is 2.54 bits per heavy atom. The summed E-state index contributed by atoms with van der Waals surface area (Å²) in [5, 5.41) is 6.88. The first-order valence-corrected chi connectivity index (χ1v) is 8.53. The summed E-state index contributed by atoms with van der Waals surface area (Å²) in [5.74, 6) is 1.38. The molecular weight excluding hydrogens is 356 g/mol. The van der Waals surface area contributed by atoms with Gasteiger partial charge in [-0.25, -0.2) is 0 Å². The molecule has 2 aromatic heterocycles. The summed E-state index contributed by atoms with van der Waals surface area (Å²) in [5.41, 5.74) is 2.68. The summed E-state index contributed by atoms with van der Waals surface area (Å²) in [6.45, 7) is 0. The van der Waals surface area contributed by atoms with Crippen LogP contribution >= 0.6 is 0 Å². The maximum atomic E-state index is 12.3. The molecule has 4 rings (SSSR count). The molecule has 1 N–H and O–H groups in total. The highest BCUT2D eigenvalue weighted by molar-refractivity contribution is 6.04. The van der Waals surface area contributed by atoms with Gasteiger partial charge in [0.25, 0.3) is 11.8 Å². The number of carbonyl (C=O) groups is 1. The van der Waals surface area contributed by atoms with Crippen molar-refractivity contribution in [2.45, 2.75) is 0 Å². The molecule has 0 bridgehead atoms. The van der Waals surface area contributed by atoms with E-state index >= 15 is 0 Å². The van der Waals surface area contributed by atoms with Crippen LogP contribution in [0.25, 0.3) is 22.8 Å². The van der Waals surface area contributed by atoms with Crippen LogP contribution in [0, 0.1) is 0 Å². The average molecular weight is 372 g/mol. The standard InChI is InChI=1S/C21H16N4O3/c1-27-18-7-5-14(6-8-18)19-24-21(28-25-19)16-3-2-4-17(13-16)23-20(26)15-9-11-22-12-10-15/h2-13H,1H3,(H,23,26). The van der Waals surface area contributed by atoms with Gasteiger partial charge in [-0.3, -0.25) is 9.78 Å². The minimum atomic E-state index is -0.219. The molecule has 138 valence electrons. The van der Waals surface area contributed by atoms with E-state index in [-0.39, 0.29) is 5.91 Å². The quantitative estimate of drug-likeness (QED) is 0.568. The Hall–Kier alpha value is -4.00. The molecule has 0 radical (unpaired) electrons. The predicted octanol–water partition coefficient (Wildman–Crippen LogP) is 4.06. The van der Waals surface area contributed by atoms with Crippen molar-refractivity contribution in [2.24, 2.45) is 0 Å². The second-order valence-electron chi connectivity index (χ2n) is 5.92. The van der Waals surface area contributed by atoms with E-state index in [9.17, 15) is 4.79 Å². The molecule has 0 fully saturated rings. The Morgan fingerprint density at radius 2 is 1.79 bits per heavy atom. The van der Waals surface area contributed by atoms with Crippen LogP contribution in [0.3, 0.4) is 0 Å². The molecule has 0 aliphatic heterocycles. The molecule has 0 aliphatic rings. The smallest absolute Gasteiger partial charge is 0.258 e. The minimum Gasteiger partial charge on any atom is -0.497 e. The lowest BCUT2D eigenvalue weighted by Gasteiger charge is -2.05. The number of aromatic nitrogens is 3. The van der Waals surface area contributed by atoms with Gasteiger partial charge >= 0.3 is 0 Å². The maximum Gasteiger partial charge on any atom is 0.258 e. The Labute approximate surface area is 161 Å². The largest absolute Gasteiger partial charge is 0.497 e. The summed E-state index contributed by atoms with van der Waals surface area (Å²) in [7, 11) is 1.61. The number of ether oxygens (including phenoxy) is 1. The van der Waals surface area contributed by atoms with Crippen molar-refractivity contribution in [1.82, 2.24) is 15.1 Å². The van der Waals surface area contributed by atoms with Gasteiger partial charge in [-0.1, -0.05) is 11.2 Å². The topological polar surface area (TPSA) is 90.1 Å². The number of benzene rings is 2. The summed E-state index contributed by atoms with van der Waals surface area (Å²) in [6, 6.07) is 17.9. The van der Waals surface area contributed by atoms with Crippen LogP contribution in [0.15, 0.2) is 77.6 Å². The maximum absolute atomic E-state index is 12.3. The number of methoxy groups -OCH3 is 1. The molecule has 7 nitrogen and oxygen atoms in total. The predicted molar refractivity (Wildman–Crippen MR) is 104 cm³/mol. The van der Waals surface area contributed by atoms with Gasteiger partial charge in [0.1, 0.15) is 5.75 Å². The second kappa shape index (κ2) is 7.71. The van der Waals surface area contributed by atoms with Gasteiger partial charge in [0, 0.05) is 34.8 Å². The SMILES string of the molecule is COc1ccc(-c2noc(-c3cccc(NC(=O)c4ccncc4)c3)n2)cc1. The van der Waals surface area contributed by atoms with Gasteiger partial charge in [-0.15, -0.1) is 0 Å². The van der Waals surface area contributed by atoms with Crippen molar-refractivity contribution < 1.29 is 14.1 Å². The Bertz CT molecular complexity index is 1090. The van der Waals surface area contributed by atoms with Gasteiger partial charge in [0.15, 0.2) is 0 Å². The molecule has 1 amide bonds. The van der Waals surface area contributed by atoms with Crippen LogP contribution < -0.4 is 10.1 Å². The number of rotatable bonds is 5. The zero-order valence-electron chi connectivity index (χ0n) is 15.0. The van der Waals surface area contributed by atoms with Crippen molar-refractivity contribution in [3.8, 4) is 28.6 Å². The molecule has 4 aromatic rings. The number of carbonyl (C=O) groups excluding carboxylic acids is 1. The minimum absolute atomic E-state index is 0.219. The molecule has 0 spiro atoms. The van der Waals surface area contributed by atoms with Crippen LogP contribution in [0.2, 0.25) is 0 Å². The number of nitrogens with one attached hydrogen (secondary N) is 1. The molecular formula is C21H16N4O3. The third-order valence-corrected chi connectivity index (χ3v) is 4.08. The molecule has 0 saturated heterocycles. The van der Waals surface area contributed by atoms with Crippen molar-refractivity contribution in [3.63, 3.8) is 0 Å². The number of anilines is 1. The molecule has 0 saturated carbocycles. The highest BCUT2D eigenvalue weighted by Gasteiger charge is 2.12. The van der Waals surface area contributed by atoms with Gasteiger partial charge in [-0.05, 0) is 54.6 Å². The van der Waals surface area contributed by atoms with Gasteiger partial charge < -0.3 is 14.6 Å². The molecule has 7 heteroatoms. The summed E-state index contributed by atoms with van der Waals surface area (Å²) in [6.07, 6.45) is 3.15. The lowest BCUT2D eigenvalue weighted by Crippen LogP contribution is -2.11. The highest BCUT2D eigenvalue weighted by atomic mass is 16.5. The van der Waals surface area contributed by atoms with Gasteiger partial charge in [-0.2, -0.15) is 4.98 Å². The van der Waals surface area contributed by atoms with Crippen LogP contribution in [-0.2, 0) is 0 Å². The van der Waals surface area contributed by atoms with Gasteiger partial charge in [0.2, 0.25) is 5.82 Å². The van der Waals surface area contributed by atoms with Crippen molar-refractivity contribution in [3.05, 3.63) is 78.6 Å². The third-order valence-electron chi connectivity index (χ3n) is 4.08. The first kappa shape index (κ1) is 17.4. The van der Waals surface area contributed by atoms with E-state index in [0.717, 1.165) is 11.3 Å². The van der Waals surface area contributed by atoms with E-state index in [2.05, 4.69) is 20.4 Å². The van der Waals surface area contributed by atoms with E-state index < -0.39 is 0 Å². The van der Waals surface area contributed by atoms with E-state index in [0.29, 0.717) is 28.5 Å². The van der Waals surface area contributed by atoms with E-state index in [1.165, 1.54) is 0 Å². The number of amides is 1. The lowest BCUT2D eigenvalue weighted by molar-refractivity contribution is 0.102. The monoisotopic (exact) mass is 372 g/mol. The lowest BCUT2D eigenvalue weighted by atomic mass is 10.2. The van der Waals surface area contributed by atoms with Crippen molar-refractivity contribution in [2.75, 3.05) is 12.4 Å². The van der Waals surface area contributed by atoms with Crippen LogP contribution in [-0.4, -0.2) is 28.1 Å². The normalized spacial score (nSPS) is 10.5. The van der Waals surface area contributed by atoms with E-state index in [4.69, 9.17) is 9.26 Å². The van der Waals surface area contributed by atoms with Gasteiger partial charge in [0.05, 0.1) is 7.11 Å². The average Bonchev–Trinajstić information content (AvgIpc) is 3.25. The fraction of sp³-hybridized carbons (Fsp3) is 0.0476. The molecule has 2 heterocycles. The first-order valence-electron chi connectivity index (χ1n) is 8.53. The van der Waals surface area contributed by atoms with E-state index in [1.54, 1.807) is 43.8 Å². The molecule has 0 aliphatic carbocycles. The number of hydrogen-bond donors (Lipinski definition) is 1. The zero-order valence-corrected chi connectivity index (χ0v) is 15.0. The Kier molecular flexibility index (Phi) is 4.79. The summed E-state index contributed by atoms with van der Waals surface area (Å²) >= 11 is 0. The third kappa shape index (κ3) is 3.73. The molecule has 0 atom stereocenters. The number of nitrogens with zero attached hydrogens (tertiary/aromatic N) is 3. The fourth-order valence-corrected chi connectivity index (χ4v) is 2.63. The Balaban J connectivity index is 1.54. The number of pyridine rings is 1. The van der Waals surface area contributed by atoms with Crippen LogP contribution in [0.1, 0.15) is 10.4 Å². The Morgan fingerprint density at radius 1 is 1.00 bits per heavy atom. The first-order chi connectivity index (χ1) is 13.7. The van der Waals surface area contributed by atoms with Crippen LogP contribution in [0.4, 0.5) is 5.69 Å². The summed E-state index contributed by atoms with van der Waals surface area (Å²) in [4.78, 5) is 20.7. The molecule has 0 unspecified atom stereocenters. The van der Waals surface area contributed by atoms with Crippen molar-refractivity contribution >= 4 is 11.6 Å². The second-order valence-corrected chi connectivity index (χ2v) is 5.92. The molecule has 2 aromatic carbocycles. The number of hydrogen-bond acceptors (Lipinski definition) is 6. The fourth-order valence-electron chi connectivity index (χ4n) is 2.63. The summed E-state index contributed by atoms with van der Waals surface area (Å²) < 4.78 is 10.5. The highest BCUT2D eigenvalue weighted by Crippen LogP contribution is 2.25. The van der Waals surface area contributed by atoms with Crippen LogP contribution in [0.5, 0.6) is 5.75 Å².